The number of thiocarbonyl (C=S) groups is 1. The summed E-state index contributed by atoms with van der Waals surface area (Å²) in [5, 5.41) is 6.28. The number of rotatable bonds is 7. The van der Waals surface area contributed by atoms with Crippen LogP contribution in [0.2, 0.25) is 0 Å². The summed E-state index contributed by atoms with van der Waals surface area (Å²) < 4.78 is 6.13. The minimum absolute atomic E-state index is 0.0769. The Bertz CT molecular complexity index is 495. The Hall–Kier alpha value is -1.14. The van der Waals surface area contributed by atoms with Crippen LogP contribution in [0.4, 0.5) is 5.69 Å². The van der Waals surface area contributed by atoms with Crippen LogP contribution in [0.15, 0.2) is 22.7 Å². The molecule has 0 spiro atoms. The van der Waals surface area contributed by atoms with Gasteiger partial charge in [0.25, 0.3) is 0 Å². The van der Waals surface area contributed by atoms with Crippen molar-refractivity contribution >= 4 is 44.9 Å². The molecule has 0 aromatic heterocycles. The van der Waals surface area contributed by atoms with Crippen LogP contribution in [0.3, 0.4) is 0 Å². The van der Waals surface area contributed by atoms with Crippen molar-refractivity contribution in [3.05, 3.63) is 28.2 Å². The zero-order valence-electron chi connectivity index (χ0n) is 12.4. The van der Waals surface area contributed by atoms with E-state index in [1.165, 1.54) is 0 Å². The Kier molecular flexibility index (Phi) is 8.30. The first-order chi connectivity index (χ1) is 10.0. The van der Waals surface area contributed by atoms with E-state index in [9.17, 15) is 4.79 Å². The number of anilines is 1. The van der Waals surface area contributed by atoms with Gasteiger partial charge in [0.2, 0.25) is 0 Å². The summed E-state index contributed by atoms with van der Waals surface area (Å²) in [4.78, 5) is 11.5. The van der Waals surface area contributed by atoms with Crippen LogP contribution in [0.5, 0.6) is 0 Å². The molecule has 1 rings (SSSR count). The van der Waals surface area contributed by atoms with Crippen molar-refractivity contribution in [2.24, 2.45) is 0 Å². The predicted octanol–water partition coefficient (Wildman–Crippen LogP) is 3.78. The van der Waals surface area contributed by atoms with Crippen molar-refractivity contribution in [3.8, 4) is 0 Å². The van der Waals surface area contributed by atoms with Crippen molar-refractivity contribution in [2.75, 3.05) is 18.5 Å². The highest BCUT2D eigenvalue weighted by atomic mass is 79.9. The van der Waals surface area contributed by atoms with Gasteiger partial charge in [-0.05, 0) is 49.3 Å². The molecule has 0 unspecified atom stereocenters. The quantitative estimate of drug-likeness (QED) is 0.433. The maximum absolute atomic E-state index is 11.5. The third-order valence-corrected chi connectivity index (χ3v) is 3.96. The van der Waals surface area contributed by atoms with Gasteiger partial charge in [0.05, 0.1) is 6.61 Å². The lowest BCUT2D eigenvalue weighted by molar-refractivity contribution is -0.142. The molecule has 0 atom stereocenters. The second-order valence-corrected chi connectivity index (χ2v) is 5.96. The lowest BCUT2D eigenvalue weighted by atomic mass is 10.2. The lowest BCUT2D eigenvalue weighted by Crippen LogP contribution is -2.34. The van der Waals surface area contributed by atoms with E-state index in [1.54, 1.807) is 0 Å². The van der Waals surface area contributed by atoms with E-state index in [1.807, 2.05) is 25.1 Å². The normalized spacial score (nSPS) is 10.0. The van der Waals surface area contributed by atoms with Gasteiger partial charge < -0.3 is 15.4 Å². The predicted molar refractivity (Wildman–Crippen MR) is 93.6 cm³/mol. The molecular weight excluding hydrogens is 352 g/mol. The molecular formula is C15H21BrN2O2S. The molecule has 1 aromatic carbocycles. The number of aryl methyl sites for hydroxylation is 1. The molecule has 0 aliphatic heterocycles. The molecule has 0 amide bonds. The number of hydrogen-bond acceptors (Lipinski definition) is 3. The smallest absolute Gasteiger partial charge is 0.325 e. The number of benzene rings is 1. The standard InChI is InChI=1S/C15H21BrN2O2S/c1-3-4-5-8-20-14(19)10-17-15(21)18-12-6-7-13(16)11(2)9-12/h6-7,9H,3-5,8,10H2,1-2H3,(H2,17,18,21). The monoisotopic (exact) mass is 372 g/mol. The minimum Gasteiger partial charge on any atom is -0.464 e. The van der Waals surface area contributed by atoms with Gasteiger partial charge in [-0.2, -0.15) is 0 Å². The molecule has 0 fully saturated rings. The molecule has 4 nitrogen and oxygen atoms in total. The lowest BCUT2D eigenvalue weighted by Gasteiger charge is -2.11. The fourth-order valence-electron chi connectivity index (χ4n) is 1.64. The van der Waals surface area contributed by atoms with Gasteiger partial charge in [-0.1, -0.05) is 35.7 Å². The number of carbonyl (C=O) groups excluding carboxylic acids is 1. The summed E-state index contributed by atoms with van der Waals surface area (Å²) in [7, 11) is 0. The second-order valence-electron chi connectivity index (χ2n) is 4.70. The van der Waals surface area contributed by atoms with Crippen LogP contribution >= 0.6 is 28.1 Å². The molecule has 2 N–H and O–H groups in total. The summed E-state index contributed by atoms with van der Waals surface area (Å²) >= 11 is 8.59. The number of nitrogens with one attached hydrogen (secondary N) is 2. The highest BCUT2D eigenvalue weighted by Crippen LogP contribution is 2.19. The Labute approximate surface area is 139 Å². The number of hydrogen-bond donors (Lipinski definition) is 2. The van der Waals surface area contributed by atoms with Gasteiger partial charge >= 0.3 is 5.97 Å². The molecule has 0 saturated heterocycles. The highest BCUT2D eigenvalue weighted by molar-refractivity contribution is 9.10. The number of ether oxygens (including phenoxy) is 1. The van der Waals surface area contributed by atoms with Crippen molar-refractivity contribution in [2.45, 2.75) is 33.1 Å². The SMILES string of the molecule is CCCCCOC(=O)CNC(=S)Nc1ccc(Br)c(C)c1. The van der Waals surface area contributed by atoms with E-state index >= 15 is 0 Å². The zero-order chi connectivity index (χ0) is 15.7. The molecule has 0 saturated carbocycles. The average Bonchev–Trinajstić information content (AvgIpc) is 2.45. The van der Waals surface area contributed by atoms with Gasteiger partial charge in [-0.15, -0.1) is 0 Å². The van der Waals surface area contributed by atoms with E-state index < -0.39 is 0 Å². The summed E-state index contributed by atoms with van der Waals surface area (Å²) in [6, 6.07) is 5.83. The Morgan fingerprint density at radius 2 is 2.14 bits per heavy atom. The molecule has 6 heteroatoms. The second kappa shape index (κ2) is 9.73. The molecule has 0 heterocycles. The molecule has 0 aliphatic carbocycles. The number of halogens is 1. The maximum Gasteiger partial charge on any atom is 0.325 e. The first kappa shape index (κ1) is 17.9. The van der Waals surface area contributed by atoms with Crippen LogP contribution in [-0.2, 0) is 9.53 Å². The first-order valence-electron chi connectivity index (χ1n) is 6.99. The molecule has 116 valence electrons. The summed E-state index contributed by atoms with van der Waals surface area (Å²) in [6.45, 7) is 4.66. The molecule has 21 heavy (non-hydrogen) atoms. The Balaban J connectivity index is 2.27. The number of carbonyl (C=O) groups is 1. The Morgan fingerprint density at radius 3 is 2.81 bits per heavy atom. The van der Waals surface area contributed by atoms with Crippen LogP contribution in [0, 0.1) is 6.92 Å². The maximum atomic E-state index is 11.5. The van der Waals surface area contributed by atoms with Crippen molar-refractivity contribution in [1.29, 1.82) is 0 Å². The van der Waals surface area contributed by atoms with E-state index in [2.05, 4.69) is 33.5 Å². The van der Waals surface area contributed by atoms with E-state index in [-0.39, 0.29) is 12.5 Å². The summed E-state index contributed by atoms with van der Waals surface area (Å²) in [5.74, 6) is -0.290. The van der Waals surface area contributed by atoms with Gasteiger partial charge in [0.15, 0.2) is 5.11 Å². The first-order valence-corrected chi connectivity index (χ1v) is 8.19. The Morgan fingerprint density at radius 1 is 1.38 bits per heavy atom. The fraction of sp³-hybridized carbons (Fsp3) is 0.467. The third kappa shape index (κ3) is 7.43. The van der Waals surface area contributed by atoms with Crippen LogP contribution < -0.4 is 10.6 Å². The van der Waals surface area contributed by atoms with Crippen molar-refractivity contribution < 1.29 is 9.53 Å². The minimum atomic E-state index is -0.290. The van der Waals surface area contributed by atoms with Crippen LogP contribution in [0.25, 0.3) is 0 Å². The van der Waals surface area contributed by atoms with Gasteiger partial charge in [-0.3, -0.25) is 4.79 Å². The molecule has 0 aliphatic rings. The summed E-state index contributed by atoms with van der Waals surface area (Å²) in [6.07, 6.45) is 3.09. The summed E-state index contributed by atoms with van der Waals surface area (Å²) in [5.41, 5.74) is 1.99. The van der Waals surface area contributed by atoms with Crippen LogP contribution in [-0.4, -0.2) is 24.2 Å². The third-order valence-electron chi connectivity index (χ3n) is 2.82. The largest absolute Gasteiger partial charge is 0.464 e. The van der Waals surface area contributed by atoms with Crippen molar-refractivity contribution in [3.63, 3.8) is 0 Å². The van der Waals surface area contributed by atoms with Crippen molar-refractivity contribution in [1.82, 2.24) is 5.32 Å². The zero-order valence-corrected chi connectivity index (χ0v) is 14.8. The van der Waals surface area contributed by atoms with E-state index in [0.717, 1.165) is 35.0 Å². The topological polar surface area (TPSA) is 50.4 Å². The molecule has 1 aromatic rings. The highest BCUT2D eigenvalue weighted by Gasteiger charge is 2.05. The number of esters is 1. The van der Waals surface area contributed by atoms with Gasteiger partial charge in [0, 0.05) is 10.2 Å². The van der Waals surface area contributed by atoms with Crippen LogP contribution in [0.1, 0.15) is 31.7 Å². The fourth-order valence-corrected chi connectivity index (χ4v) is 2.08. The van der Waals surface area contributed by atoms with E-state index in [4.69, 9.17) is 17.0 Å². The van der Waals surface area contributed by atoms with E-state index in [0.29, 0.717) is 11.7 Å². The van der Waals surface area contributed by atoms with Gasteiger partial charge in [-0.25, -0.2) is 0 Å². The van der Waals surface area contributed by atoms with Gasteiger partial charge in [0.1, 0.15) is 6.54 Å². The number of unbranched alkanes of at least 4 members (excludes halogenated alkanes) is 2. The average molecular weight is 373 g/mol. The molecule has 0 radical (unpaired) electrons. The molecule has 0 bridgehead atoms.